The van der Waals surface area contributed by atoms with Crippen LogP contribution < -0.4 is 10.6 Å². The van der Waals surface area contributed by atoms with Crippen molar-refractivity contribution in [2.45, 2.75) is 88.9 Å². The Morgan fingerprint density at radius 1 is 1.03 bits per heavy atom. The highest BCUT2D eigenvalue weighted by Gasteiger charge is 2.56. The third-order valence-corrected chi connectivity index (χ3v) is 6.96. The molecular weight excluding hydrogens is 445 g/mol. The summed E-state index contributed by atoms with van der Waals surface area (Å²) in [7, 11) is 0. The van der Waals surface area contributed by atoms with Gasteiger partial charge in [-0.15, -0.1) is 0 Å². The lowest BCUT2D eigenvalue weighted by molar-refractivity contribution is -0.134. The zero-order valence-electron chi connectivity index (χ0n) is 17.7. The van der Waals surface area contributed by atoms with E-state index in [0.29, 0.717) is 0 Å². The predicted molar refractivity (Wildman–Crippen MR) is 101 cm³/mol. The van der Waals surface area contributed by atoms with Crippen molar-refractivity contribution < 1.29 is 40.3 Å². The van der Waals surface area contributed by atoms with Gasteiger partial charge < -0.3 is 10.6 Å². The minimum atomic E-state index is -5.15. The molecule has 11 heteroatoms. The van der Waals surface area contributed by atoms with Crippen molar-refractivity contribution in [3.63, 3.8) is 0 Å². The number of nitrogens with one attached hydrogen (secondary N) is 2. The summed E-state index contributed by atoms with van der Waals surface area (Å²) >= 11 is 0. The van der Waals surface area contributed by atoms with Crippen LogP contribution in [0.5, 0.6) is 0 Å². The number of alkyl halides is 7. The minimum Gasteiger partial charge on any atom is -0.353 e. The summed E-state index contributed by atoms with van der Waals surface area (Å²) in [6.07, 6.45) is -13.1. The van der Waals surface area contributed by atoms with Crippen molar-refractivity contribution in [1.82, 2.24) is 10.6 Å². The van der Waals surface area contributed by atoms with E-state index in [1.54, 1.807) is 0 Å². The lowest BCUT2D eigenvalue weighted by Gasteiger charge is -2.43. The Balaban J connectivity index is 1.88. The molecule has 2 saturated carbocycles. The summed E-state index contributed by atoms with van der Waals surface area (Å²) in [6, 6.07) is -2.04. The number of hydrogen-bond acceptors (Lipinski definition) is 2. The predicted octanol–water partition coefficient (Wildman–Crippen LogP) is 4.05. The largest absolute Gasteiger partial charge is 0.413 e. The molecule has 32 heavy (non-hydrogen) atoms. The van der Waals surface area contributed by atoms with Gasteiger partial charge in [0, 0.05) is 35.9 Å². The maximum atomic E-state index is 14.6. The van der Waals surface area contributed by atoms with Gasteiger partial charge in [0.25, 0.3) is 0 Å². The molecule has 2 amide bonds. The van der Waals surface area contributed by atoms with Crippen molar-refractivity contribution in [3.8, 4) is 0 Å². The molecule has 2 aliphatic carbocycles. The van der Waals surface area contributed by atoms with E-state index < -0.39 is 83.7 Å². The first-order valence-corrected chi connectivity index (χ1v) is 10.8. The van der Waals surface area contributed by atoms with E-state index in [2.05, 4.69) is 10.6 Å². The molecule has 4 nitrogen and oxygen atoms in total. The minimum absolute atomic E-state index is 0.109. The van der Waals surface area contributed by atoms with Crippen molar-refractivity contribution in [2.24, 2.45) is 17.8 Å². The molecule has 0 bridgehead atoms. The van der Waals surface area contributed by atoms with Crippen LogP contribution in [0.4, 0.5) is 30.7 Å². The molecule has 2 N–H and O–H groups in total. The van der Waals surface area contributed by atoms with Crippen molar-refractivity contribution in [2.75, 3.05) is 0 Å². The lowest BCUT2D eigenvalue weighted by atomic mass is 9.71. The van der Waals surface area contributed by atoms with E-state index in [-0.39, 0.29) is 32.1 Å². The van der Waals surface area contributed by atoms with Crippen LogP contribution in [0, 0.1) is 17.8 Å². The second-order valence-corrected chi connectivity index (χ2v) is 9.08. The molecule has 9 atom stereocenters. The first-order valence-electron chi connectivity index (χ1n) is 10.8. The Labute approximate surface area is 181 Å². The molecule has 2 fully saturated rings. The number of rotatable bonds is 4. The molecule has 0 saturated heterocycles. The first-order chi connectivity index (χ1) is 14.8. The quantitative estimate of drug-likeness (QED) is 0.607. The summed E-state index contributed by atoms with van der Waals surface area (Å²) in [5, 5.41) is 4.73. The molecule has 182 valence electrons. The molecular formula is C21H27F7N2O2. The molecule has 3 aliphatic rings. The Bertz CT molecular complexity index is 772. The van der Waals surface area contributed by atoms with Crippen molar-refractivity contribution >= 4 is 11.8 Å². The molecule has 0 spiro atoms. The smallest absolute Gasteiger partial charge is 0.353 e. The van der Waals surface area contributed by atoms with Crippen LogP contribution in [0.15, 0.2) is 11.1 Å². The van der Waals surface area contributed by atoms with Gasteiger partial charge in [0.05, 0.1) is 11.5 Å². The van der Waals surface area contributed by atoms with E-state index in [1.165, 1.54) is 6.92 Å². The topological polar surface area (TPSA) is 58.2 Å². The normalized spacial score (nSPS) is 37.9. The second kappa shape index (κ2) is 9.21. The van der Waals surface area contributed by atoms with Gasteiger partial charge in [-0.2, -0.15) is 13.2 Å². The third kappa shape index (κ3) is 4.76. The van der Waals surface area contributed by atoms with Crippen molar-refractivity contribution in [3.05, 3.63) is 11.1 Å². The van der Waals surface area contributed by atoms with E-state index in [4.69, 9.17) is 0 Å². The van der Waals surface area contributed by atoms with Crippen LogP contribution in [-0.4, -0.2) is 54.8 Å². The van der Waals surface area contributed by atoms with E-state index in [0.717, 1.165) is 6.92 Å². The van der Waals surface area contributed by atoms with Crippen LogP contribution in [0.25, 0.3) is 0 Å². The van der Waals surface area contributed by atoms with Crippen LogP contribution in [0.1, 0.15) is 46.0 Å². The van der Waals surface area contributed by atoms with E-state index >= 15 is 0 Å². The molecule has 0 radical (unpaired) electrons. The summed E-state index contributed by atoms with van der Waals surface area (Å²) < 4.78 is 97.9. The molecule has 0 aromatic rings. The van der Waals surface area contributed by atoms with Gasteiger partial charge in [0.15, 0.2) is 0 Å². The van der Waals surface area contributed by atoms with Crippen LogP contribution >= 0.6 is 0 Å². The Kier molecular flexibility index (Phi) is 7.14. The third-order valence-electron chi connectivity index (χ3n) is 6.96. The molecule has 7 unspecified atom stereocenters. The van der Waals surface area contributed by atoms with Gasteiger partial charge >= 0.3 is 6.18 Å². The zero-order chi connectivity index (χ0) is 24.0. The zero-order valence-corrected chi connectivity index (χ0v) is 17.7. The average Bonchev–Trinajstić information content (AvgIpc) is 2.68. The Hall–Kier alpha value is -1.81. The van der Waals surface area contributed by atoms with E-state index in [1.807, 2.05) is 0 Å². The number of hydrogen-bond donors (Lipinski definition) is 2. The van der Waals surface area contributed by atoms with Gasteiger partial charge in [0.1, 0.15) is 24.7 Å². The fraction of sp³-hybridized carbons (Fsp3) is 0.810. The number of halogens is 7. The molecule has 0 aromatic carbocycles. The number of amides is 2. The van der Waals surface area contributed by atoms with Gasteiger partial charge in [-0.25, -0.2) is 17.6 Å². The first kappa shape index (κ1) is 24.8. The fourth-order valence-corrected chi connectivity index (χ4v) is 5.21. The maximum Gasteiger partial charge on any atom is 0.413 e. The fourth-order valence-electron chi connectivity index (χ4n) is 5.21. The molecule has 1 heterocycles. The standard InChI is InChI=1S/C21H27F7N2O2/c1-8(19(31)29-9(2)11-4-3-10(22)7-13(11)24)15-17(21(26,27)28)16-14(30-20(15)32)6-5-12(23)18(16)25/h8-14,16,18H,3-7H2,1-2H3,(H,29,31)(H,30,32)/t8-,9-,10?,11?,12?,13?,14?,16?,18?/m0/s1. The van der Waals surface area contributed by atoms with Crippen molar-refractivity contribution in [1.29, 1.82) is 0 Å². The van der Waals surface area contributed by atoms with Crippen LogP contribution in [-0.2, 0) is 9.59 Å². The van der Waals surface area contributed by atoms with Crippen LogP contribution in [0.3, 0.4) is 0 Å². The average molecular weight is 472 g/mol. The monoisotopic (exact) mass is 472 g/mol. The highest BCUT2D eigenvalue weighted by molar-refractivity contribution is 6.02. The highest BCUT2D eigenvalue weighted by atomic mass is 19.4. The summed E-state index contributed by atoms with van der Waals surface area (Å²) in [5.74, 6) is -6.44. The second-order valence-electron chi connectivity index (χ2n) is 9.08. The summed E-state index contributed by atoms with van der Waals surface area (Å²) in [5.41, 5.74) is -2.47. The Morgan fingerprint density at radius 2 is 1.69 bits per heavy atom. The molecule has 3 rings (SSSR count). The maximum absolute atomic E-state index is 14.6. The molecule has 1 aliphatic heterocycles. The summed E-state index contributed by atoms with van der Waals surface area (Å²) in [6.45, 7) is 2.53. The Morgan fingerprint density at radius 3 is 2.28 bits per heavy atom. The van der Waals surface area contributed by atoms with Gasteiger partial charge in [-0.05, 0) is 39.5 Å². The van der Waals surface area contributed by atoms with Gasteiger partial charge in [-0.3, -0.25) is 9.59 Å². The van der Waals surface area contributed by atoms with Crippen LogP contribution in [0.2, 0.25) is 0 Å². The van der Waals surface area contributed by atoms with Gasteiger partial charge in [-0.1, -0.05) is 0 Å². The van der Waals surface area contributed by atoms with Gasteiger partial charge in [0.2, 0.25) is 11.8 Å². The number of fused-ring (bicyclic) bond motifs is 1. The van der Waals surface area contributed by atoms with E-state index in [9.17, 15) is 40.3 Å². The lowest BCUT2D eigenvalue weighted by Crippen LogP contribution is -2.58. The SMILES string of the molecule is C[C@H](C(=O)N[C@@H](C)C1CCC(F)CC1F)C1=C(C(F)(F)F)C2C(CCC(F)C2F)NC1=O. The summed E-state index contributed by atoms with van der Waals surface area (Å²) in [4.78, 5) is 25.3. The number of carbonyl (C=O) groups excluding carboxylic acids is 2. The highest BCUT2D eigenvalue weighted by Crippen LogP contribution is 2.46. The molecule has 0 aromatic heterocycles. The number of carbonyl (C=O) groups is 2.